The molecule has 1 aliphatic heterocycles. The van der Waals surface area contributed by atoms with Crippen molar-refractivity contribution in [2.75, 3.05) is 20.3 Å². The van der Waals surface area contributed by atoms with Crippen LogP contribution in [0.25, 0.3) is 0 Å². The number of unbranched alkanes of at least 4 members (excludes halogenated alkanes) is 1. The Bertz CT molecular complexity index is 967. The van der Waals surface area contributed by atoms with Crippen LogP contribution >= 0.6 is 0 Å². The van der Waals surface area contributed by atoms with Crippen LogP contribution in [0.15, 0.2) is 41.6 Å². The van der Waals surface area contributed by atoms with E-state index in [0.717, 1.165) is 17.1 Å². The highest BCUT2D eigenvalue weighted by atomic mass is 32.2. The molecule has 1 aliphatic rings. The van der Waals surface area contributed by atoms with Crippen molar-refractivity contribution in [3.05, 3.63) is 48.0 Å². The first-order valence-electron chi connectivity index (χ1n) is 9.43. The van der Waals surface area contributed by atoms with Crippen molar-refractivity contribution in [2.24, 2.45) is 0 Å². The summed E-state index contributed by atoms with van der Waals surface area (Å²) < 4.78 is 38.1. The highest BCUT2D eigenvalue weighted by Gasteiger charge is 2.40. The highest BCUT2D eigenvalue weighted by Crippen LogP contribution is 2.28. The van der Waals surface area contributed by atoms with Gasteiger partial charge in [-0.3, -0.25) is 20.0 Å². The Hall–Kier alpha value is -2.60. The van der Waals surface area contributed by atoms with Crippen LogP contribution in [0, 0.1) is 0 Å². The summed E-state index contributed by atoms with van der Waals surface area (Å²) in [7, 11) is -2.40. The number of methoxy groups -OCH3 is 1. The molecule has 3 rings (SSSR count). The number of ether oxygens (including phenoxy) is 2. The molecule has 0 radical (unpaired) electrons. The Morgan fingerprint density at radius 3 is 2.50 bits per heavy atom. The maximum Gasteiger partial charge on any atom is 0.262 e. The Labute approximate surface area is 174 Å². The molecule has 0 fully saturated rings. The van der Waals surface area contributed by atoms with Crippen molar-refractivity contribution >= 4 is 15.9 Å². The van der Waals surface area contributed by atoms with E-state index < -0.39 is 22.0 Å². The number of rotatable bonds is 9. The van der Waals surface area contributed by atoms with Crippen LogP contribution in [0.2, 0.25) is 0 Å². The minimum Gasteiger partial charge on any atom is -0.494 e. The van der Waals surface area contributed by atoms with Gasteiger partial charge >= 0.3 is 0 Å². The molecular weight excluding hydrogens is 412 g/mol. The number of benzene rings is 1. The van der Waals surface area contributed by atoms with E-state index in [1.807, 2.05) is 0 Å². The zero-order chi connectivity index (χ0) is 21.6. The third-order valence-corrected chi connectivity index (χ3v) is 6.62. The van der Waals surface area contributed by atoms with E-state index in [-0.39, 0.29) is 17.9 Å². The van der Waals surface area contributed by atoms with Gasteiger partial charge in [0.05, 0.1) is 29.4 Å². The minimum atomic E-state index is -4.04. The number of hydrogen-bond donors (Lipinski definition) is 2. The summed E-state index contributed by atoms with van der Waals surface area (Å²) in [6, 6.07) is 4.87. The molecule has 0 aliphatic carbocycles. The Balaban J connectivity index is 1.78. The predicted molar refractivity (Wildman–Crippen MR) is 105 cm³/mol. The number of hydrogen-bond acceptors (Lipinski definition) is 8. The van der Waals surface area contributed by atoms with Gasteiger partial charge in [-0.25, -0.2) is 13.9 Å². The molecule has 0 bridgehead atoms. The fourth-order valence-corrected chi connectivity index (χ4v) is 4.72. The molecule has 2 N–H and O–H groups in total. The van der Waals surface area contributed by atoms with Crippen molar-refractivity contribution in [1.82, 2.24) is 19.8 Å². The second-order valence-electron chi connectivity index (χ2n) is 6.72. The molecule has 0 saturated heterocycles. The lowest BCUT2D eigenvalue weighted by Crippen LogP contribution is -2.52. The molecule has 11 heteroatoms. The molecule has 1 unspecified atom stereocenters. The number of hydroxylamine groups is 1. The Morgan fingerprint density at radius 2 is 1.83 bits per heavy atom. The maximum atomic E-state index is 13.2. The first-order valence-corrected chi connectivity index (χ1v) is 10.9. The van der Waals surface area contributed by atoms with E-state index >= 15 is 0 Å². The monoisotopic (exact) mass is 436 g/mol. The van der Waals surface area contributed by atoms with Crippen LogP contribution in [-0.2, 0) is 32.5 Å². The summed E-state index contributed by atoms with van der Waals surface area (Å²) in [5.41, 5.74) is 2.54. The summed E-state index contributed by atoms with van der Waals surface area (Å²) >= 11 is 0. The maximum absolute atomic E-state index is 13.2. The van der Waals surface area contributed by atoms with Crippen LogP contribution in [-0.4, -0.2) is 60.2 Å². The number of fused-ring (bicyclic) bond motifs is 1. The Morgan fingerprint density at radius 1 is 1.17 bits per heavy atom. The summed E-state index contributed by atoms with van der Waals surface area (Å²) in [4.78, 5) is 20.5. The van der Waals surface area contributed by atoms with Gasteiger partial charge in [0.15, 0.2) is 0 Å². The third-order valence-electron chi connectivity index (χ3n) is 4.76. The standard InChI is InChI=1S/C19H24N4O6S/c1-28-10-2-3-11-29-14-4-6-15(7-5-14)30(26,27)23-13-17-16(20-8-9-21-17)12-18(23)19(24)22-25/h4-9,18,25H,2-3,10-13H2,1H3,(H,22,24). The molecule has 30 heavy (non-hydrogen) atoms. The van der Waals surface area contributed by atoms with Crippen molar-refractivity contribution in [2.45, 2.75) is 36.7 Å². The molecule has 162 valence electrons. The third kappa shape index (κ3) is 4.93. The number of nitrogens with zero attached hydrogens (tertiary/aromatic N) is 3. The Kier molecular flexibility index (Phi) is 7.32. The van der Waals surface area contributed by atoms with Gasteiger partial charge in [-0.15, -0.1) is 0 Å². The van der Waals surface area contributed by atoms with Crippen molar-refractivity contribution in [1.29, 1.82) is 0 Å². The van der Waals surface area contributed by atoms with Gasteiger partial charge in [-0.05, 0) is 37.1 Å². The van der Waals surface area contributed by atoms with Gasteiger partial charge < -0.3 is 9.47 Å². The van der Waals surface area contributed by atoms with E-state index in [0.29, 0.717) is 30.4 Å². The number of aromatic nitrogens is 2. The first-order chi connectivity index (χ1) is 14.5. The number of amides is 1. The quantitative estimate of drug-likeness (QED) is 0.337. The van der Waals surface area contributed by atoms with Gasteiger partial charge in [0, 0.05) is 32.5 Å². The van der Waals surface area contributed by atoms with Crippen molar-refractivity contribution in [3.8, 4) is 5.75 Å². The van der Waals surface area contributed by atoms with Gasteiger partial charge in [0.25, 0.3) is 5.91 Å². The highest BCUT2D eigenvalue weighted by molar-refractivity contribution is 7.89. The van der Waals surface area contributed by atoms with E-state index in [1.165, 1.54) is 24.5 Å². The SMILES string of the molecule is COCCCCOc1ccc(S(=O)(=O)N2Cc3nccnc3CC2C(=O)NO)cc1. The topological polar surface area (TPSA) is 131 Å². The summed E-state index contributed by atoms with van der Waals surface area (Å²) in [5.74, 6) is -0.281. The molecule has 0 saturated carbocycles. The molecule has 0 spiro atoms. The number of nitrogens with one attached hydrogen (secondary N) is 1. The molecule has 1 aromatic heterocycles. The van der Waals surface area contributed by atoms with Gasteiger partial charge in [0.1, 0.15) is 11.8 Å². The molecule has 1 aromatic carbocycles. The largest absolute Gasteiger partial charge is 0.494 e. The molecule has 2 heterocycles. The second-order valence-corrected chi connectivity index (χ2v) is 8.61. The summed E-state index contributed by atoms with van der Waals surface area (Å²) in [5, 5.41) is 9.08. The number of carbonyl (C=O) groups is 1. The van der Waals surface area contributed by atoms with Crippen LogP contribution < -0.4 is 10.2 Å². The van der Waals surface area contributed by atoms with E-state index in [2.05, 4.69) is 9.97 Å². The zero-order valence-electron chi connectivity index (χ0n) is 16.5. The first kappa shape index (κ1) is 22.1. The van der Waals surface area contributed by atoms with Crippen molar-refractivity contribution < 1.29 is 27.9 Å². The molecule has 1 amide bonds. The predicted octanol–water partition coefficient (Wildman–Crippen LogP) is 0.903. The zero-order valence-corrected chi connectivity index (χ0v) is 17.3. The van der Waals surface area contributed by atoms with E-state index in [1.54, 1.807) is 24.7 Å². The van der Waals surface area contributed by atoms with Crippen LogP contribution in [0.4, 0.5) is 0 Å². The lowest BCUT2D eigenvalue weighted by Gasteiger charge is -2.33. The summed E-state index contributed by atoms with van der Waals surface area (Å²) in [6.07, 6.45) is 4.65. The number of sulfonamides is 1. The second kappa shape index (κ2) is 9.94. The van der Waals surface area contributed by atoms with Gasteiger partial charge in [-0.1, -0.05) is 0 Å². The minimum absolute atomic E-state index is 0.0114. The van der Waals surface area contributed by atoms with Crippen LogP contribution in [0.1, 0.15) is 24.2 Å². The van der Waals surface area contributed by atoms with E-state index in [9.17, 15) is 13.2 Å². The normalized spacial score (nSPS) is 16.7. The summed E-state index contributed by atoms with van der Waals surface area (Å²) in [6.45, 7) is 1.03. The number of carbonyl (C=O) groups excluding carboxylic acids is 1. The average molecular weight is 436 g/mol. The molecule has 2 aromatic rings. The lowest BCUT2D eigenvalue weighted by atomic mass is 10.0. The fraction of sp³-hybridized carbons (Fsp3) is 0.421. The average Bonchev–Trinajstić information content (AvgIpc) is 2.77. The van der Waals surface area contributed by atoms with Crippen molar-refractivity contribution in [3.63, 3.8) is 0 Å². The van der Waals surface area contributed by atoms with Crippen LogP contribution in [0.3, 0.4) is 0 Å². The van der Waals surface area contributed by atoms with E-state index in [4.69, 9.17) is 14.7 Å². The van der Waals surface area contributed by atoms with Gasteiger partial charge in [0.2, 0.25) is 10.0 Å². The molecular formula is C19H24N4O6S. The molecule has 1 atom stereocenters. The lowest BCUT2D eigenvalue weighted by molar-refractivity contribution is -0.133. The smallest absolute Gasteiger partial charge is 0.262 e. The van der Waals surface area contributed by atoms with Gasteiger partial charge in [-0.2, -0.15) is 4.31 Å². The fourth-order valence-electron chi connectivity index (χ4n) is 3.17. The van der Waals surface area contributed by atoms with Crippen LogP contribution in [0.5, 0.6) is 5.75 Å². The molecule has 10 nitrogen and oxygen atoms in total.